The molecule has 4 rings (SSSR count). The Morgan fingerprint density at radius 1 is 1.19 bits per heavy atom. The topological polar surface area (TPSA) is 96.3 Å². The van der Waals surface area contributed by atoms with Gasteiger partial charge < -0.3 is 15.5 Å². The third kappa shape index (κ3) is 3.89. The van der Waals surface area contributed by atoms with Crippen LogP contribution in [0.3, 0.4) is 0 Å². The zero-order valence-corrected chi connectivity index (χ0v) is 19.2. The number of carbonyl (C=O) groups is 3. The standard InChI is InChI=1S/C24H31N5O3/c1-5-28-22(31)20-13-19(21(30)26-18-11-10-15(2)12-16(18)3)27-29(20)14-24(28,4)23(32)25-17-8-6-7-9-17/h10-13,17H,5-9,14H2,1-4H3,(H,25,32)(H,26,30). The summed E-state index contributed by atoms with van der Waals surface area (Å²) in [6, 6.07) is 7.44. The summed E-state index contributed by atoms with van der Waals surface area (Å²) in [5, 5.41) is 10.4. The molecule has 0 radical (unpaired) electrons. The van der Waals surface area contributed by atoms with Gasteiger partial charge in [0.15, 0.2) is 5.69 Å². The van der Waals surface area contributed by atoms with Crippen molar-refractivity contribution in [3.05, 3.63) is 46.8 Å². The first-order valence-electron chi connectivity index (χ1n) is 11.3. The lowest BCUT2D eigenvalue weighted by molar-refractivity contribution is -0.133. The van der Waals surface area contributed by atoms with Gasteiger partial charge in [0.2, 0.25) is 5.91 Å². The molecule has 32 heavy (non-hydrogen) atoms. The van der Waals surface area contributed by atoms with Crippen LogP contribution in [0.25, 0.3) is 0 Å². The number of anilines is 1. The molecule has 1 unspecified atom stereocenters. The van der Waals surface area contributed by atoms with Crippen LogP contribution in [-0.4, -0.2) is 50.5 Å². The number of nitrogens with zero attached hydrogens (tertiary/aromatic N) is 3. The maximum absolute atomic E-state index is 13.2. The highest BCUT2D eigenvalue weighted by Crippen LogP contribution is 2.29. The number of nitrogens with one attached hydrogen (secondary N) is 2. The van der Waals surface area contributed by atoms with Gasteiger partial charge in [0.05, 0.1) is 6.54 Å². The van der Waals surface area contributed by atoms with Gasteiger partial charge in [-0.1, -0.05) is 30.5 Å². The van der Waals surface area contributed by atoms with E-state index in [9.17, 15) is 14.4 Å². The molecule has 8 heteroatoms. The molecule has 0 saturated heterocycles. The number of carbonyl (C=O) groups excluding carboxylic acids is 3. The van der Waals surface area contributed by atoms with Crippen molar-refractivity contribution in [3.63, 3.8) is 0 Å². The lowest BCUT2D eigenvalue weighted by Gasteiger charge is -2.43. The maximum Gasteiger partial charge on any atom is 0.276 e. The molecule has 1 aromatic heterocycles. The Labute approximate surface area is 188 Å². The first-order valence-corrected chi connectivity index (χ1v) is 11.3. The third-order valence-corrected chi connectivity index (χ3v) is 6.66. The highest BCUT2D eigenvalue weighted by atomic mass is 16.2. The van der Waals surface area contributed by atoms with Gasteiger partial charge in [-0.05, 0) is 52.2 Å². The van der Waals surface area contributed by atoms with E-state index in [1.54, 1.807) is 11.8 Å². The van der Waals surface area contributed by atoms with Crippen molar-refractivity contribution >= 4 is 23.4 Å². The van der Waals surface area contributed by atoms with E-state index in [-0.39, 0.29) is 36.0 Å². The second-order valence-corrected chi connectivity index (χ2v) is 9.12. The number of fused-ring (bicyclic) bond motifs is 1. The van der Waals surface area contributed by atoms with Crippen LogP contribution in [0.5, 0.6) is 0 Å². The predicted octanol–water partition coefficient (Wildman–Crippen LogP) is 3.05. The molecule has 1 atom stereocenters. The molecule has 3 amide bonds. The number of benzene rings is 1. The van der Waals surface area contributed by atoms with E-state index in [0.29, 0.717) is 17.9 Å². The van der Waals surface area contributed by atoms with Crippen molar-refractivity contribution in [1.82, 2.24) is 20.0 Å². The molecule has 0 spiro atoms. The van der Waals surface area contributed by atoms with E-state index in [0.717, 1.165) is 36.8 Å². The van der Waals surface area contributed by atoms with E-state index in [4.69, 9.17) is 0 Å². The second kappa shape index (κ2) is 8.41. The number of hydrogen-bond donors (Lipinski definition) is 2. The molecule has 2 aromatic rings. The van der Waals surface area contributed by atoms with Crippen LogP contribution in [0.15, 0.2) is 24.3 Å². The van der Waals surface area contributed by atoms with Gasteiger partial charge in [0.25, 0.3) is 11.8 Å². The number of aromatic nitrogens is 2. The lowest BCUT2D eigenvalue weighted by Crippen LogP contribution is -2.64. The summed E-state index contributed by atoms with van der Waals surface area (Å²) in [5.41, 5.74) is 2.18. The van der Waals surface area contributed by atoms with E-state index in [1.807, 2.05) is 39.0 Å². The van der Waals surface area contributed by atoms with Crippen LogP contribution < -0.4 is 10.6 Å². The Morgan fingerprint density at radius 2 is 1.91 bits per heavy atom. The summed E-state index contributed by atoms with van der Waals surface area (Å²) in [6.45, 7) is 8.16. The Hall–Kier alpha value is -3.16. The van der Waals surface area contributed by atoms with Gasteiger partial charge in [-0.3, -0.25) is 19.1 Å². The quantitative estimate of drug-likeness (QED) is 0.751. The first kappa shape index (κ1) is 22.0. The molecule has 2 aliphatic rings. The van der Waals surface area contributed by atoms with Gasteiger partial charge in [-0.15, -0.1) is 0 Å². The molecular weight excluding hydrogens is 406 g/mol. The van der Waals surface area contributed by atoms with Crippen LogP contribution in [0.4, 0.5) is 5.69 Å². The molecule has 2 N–H and O–H groups in total. The lowest BCUT2D eigenvalue weighted by atomic mass is 9.94. The minimum absolute atomic E-state index is 0.157. The fraction of sp³-hybridized carbons (Fsp3) is 0.500. The van der Waals surface area contributed by atoms with Crippen molar-refractivity contribution in [3.8, 4) is 0 Å². The fourth-order valence-electron chi connectivity index (χ4n) is 4.80. The maximum atomic E-state index is 13.2. The summed E-state index contributed by atoms with van der Waals surface area (Å²) in [6.07, 6.45) is 4.16. The molecule has 1 saturated carbocycles. The number of rotatable bonds is 5. The first-order chi connectivity index (χ1) is 15.2. The fourth-order valence-corrected chi connectivity index (χ4v) is 4.80. The molecule has 8 nitrogen and oxygen atoms in total. The van der Waals surface area contributed by atoms with Crippen molar-refractivity contribution < 1.29 is 14.4 Å². The second-order valence-electron chi connectivity index (χ2n) is 9.12. The zero-order valence-electron chi connectivity index (χ0n) is 19.2. The smallest absolute Gasteiger partial charge is 0.276 e. The molecule has 2 heterocycles. The minimum atomic E-state index is -1.06. The van der Waals surface area contributed by atoms with Gasteiger partial charge in [-0.25, -0.2) is 0 Å². The third-order valence-electron chi connectivity index (χ3n) is 6.66. The number of likely N-dealkylation sites (N-methyl/N-ethyl adjacent to an activating group) is 1. The van der Waals surface area contributed by atoms with Crippen molar-refractivity contribution in [2.75, 3.05) is 11.9 Å². The van der Waals surface area contributed by atoms with E-state index in [2.05, 4.69) is 15.7 Å². The van der Waals surface area contributed by atoms with Crippen molar-refractivity contribution in [1.29, 1.82) is 0 Å². The molecule has 1 aromatic carbocycles. The summed E-state index contributed by atoms with van der Waals surface area (Å²) in [4.78, 5) is 40.9. The Kier molecular flexibility index (Phi) is 5.79. The van der Waals surface area contributed by atoms with Crippen LogP contribution in [0.1, 0.15) is 71.6 Å². The van der Waals surface area contributed by atoms with E-state index >= 15 is 0 Å². The Bertz CT molecular complexity index is 1070. The molecule has 170 valence electrons. The van der Waals surface area contributed by atoms with Gasteiger partial charge >= 0.3 is 0 Å². The van der Waals surface area contributed by atoms with Crippen LogP contribution in [0, 0.1) is 13.8 Å². The summed E-state index contributed by atoms with van der Waals surface area (Å²) >= 11 is 0. The van der Waals surface area contributed by atoms with Crippen LogP contribution in [0.2, 0.25) is 0 Å². The highest BCUT2D eigenvalue weighted by Gasteiger charge is 2.48. The summed E-state index contributed by atoms with van der Waals surface area (Å²) in [7, 11) is 0. The number of hydrogen-bond acceptors (Lipinski definition) is 4. The van der Waals surface area contributed by atoms with Crippen LogP contribution in [-0.2, 0) is 11.3 Å². The predicted molar refractivity (Wildman–Crippen MR) is 122 cm³/mol. The minimum Gasteiger partial charge on any atom is -0.351 e. The van der Waals surface area contributed by atoms with Gasteiger partial charge in [0, 0.05) is 24.3 Å². The van der Waals surface area contributed by atoms with E-state index in [1.165, 1.54) is 10.7 Å². The monoisotopic (exact) mass is 437 g/mol. The van der Waals surface area contributed by atoms with Crippen LogP contribution >= 0.6 is 0 Å². The normalized spacial score (nSPS) is 20.9. The molecule has 1 aliphatic heterocycles. The average Bonchev–Trinajstić information content (AvgIpc) is 3.40. The molecular formula is C24H31N5O3. The average molecular weight is 438 g/mol. The number of amides is 3. The highest BCUT2D eigenvalue weighted by molar-refractivity contribution is 6.06. The van der Waals surface area contributed by atoms with Gasteiger partial charge in [-0.2, -0.15) is 5.10 Å². The Morgan fingerprint density at radius 3 is 2.56 bits per heavy atom. The largest absolute Gasteiger partial charge is 0.351 e. The number of aryl methyl sites for hydroxylation is 2. The van der Waals surface area contributed by atoms with Crippen molar-refractivity contribution in [2.45, 2.75) is 71.5 Å². The van der Waals surface area contributed by atoms with Crippen molar-refractivity contribution in [2.24, 2.45) is 0 Å². The molecule has 1 aliphatic carbocycles. The van der Waals surface area contributed by atoms with E-state index < -0.39 is 5.54 Å². The summed E-state index contributed by atoms with van der Waals surface area (Å²) < 4.78 is 1.50. The van der Waals surface area contributed by atoms with Gasteiger partial charge in [0.1, 0.15) is 11.2 Å². The molecule has 0 bridgehead atoms. The molecule has 1 fully saturated rings. The summed E-state index contributed by atoms with van der Waals surface area (Å²) in [5.74, 6) is -0.838. The zero-order chi connectivity index (χ0) is 23.0. The SMILES string of the molecule is CCN1C(=O)c2cc(C(=O)Nc3ccc(C)cc3C)nn2CC1(C)C(=O)NC1CCCC1. The Balaban J connectivity index is 1.58.